The first-order chi connectivity index (χ1) is 5.71. The van der Waals surface area contributed by atoms with Crippen molar-refractivity contribution in [3.63, 3.8) is 0 Å². The highest BCUT2D eigenvalue weighted by Gasteiger charge is 2.07. The molecule has 0 bridgehead atoms. The highest BCUT2D eigenvalue weighted by molar-refractivity contribution is 4.89. The van der Waals surface area contributed by atoms with Crippen LogP contribution in [0, 0.1) is 5.41 Å². The molecule has 1 nitrogen and oxygen atoms in total. The molecular formula is C12H25N. The molecule has 0 saturated carbocycles. The lowest BCUT2D eigenvalue weighted by atomic mass is 9.92. The molecule has 0 unspecified atom stereocenters. The van der Waals surface area contributed by atoms with Gasteiger partial charge in [0.05, 0.1) is 0 Å². The van der Waals surface area contributed by atoms with Crippen LogP contribution in [-0.4, -0.2) is 12.1 Å². The minimum absolute atomic E-state index is 0.228. The van der Waals surface area contributed by atoms with Gasteiger partial charge in [-0.25, -0.2) is 0 Å². The fourth-order valence-corrected chi connectivity index (χ4v) is 0.885. The fraction of sp³-hybridized carbons (Fsp3) is 0.833. The molecular weight excluding hydrogens is 158 g/mol. The van der Waals surface area contributed by atoms with Crippen molar-refractivity contribution in [2.24, 2.45) is 5.41 Å². The Kier molecular flexibility index (Phi) is 4.69. The number of hydrogen-bond donors (Lipinski definition) is 1. The highest BCUT2D eigenvalue weighted by Crippen LogP contribution is 2.18. The van der Waals surface area contributed by atoms with E-state index in [0.717, 1.165) is 13.0 Å². The Bertz CT molecular complexity index is 155. The quantitative estimate of drug-likeness (QED) is 0.661. The molecule has 0 aliphatic rings. The van der Waals surface area contributed by atoms with Gasteiger partial charge in [-0.1, -0.05) is 32.9 Å². The van der Waals surface area contributed by atoms with Crippen molar-refractivity contribution in [1.29, 1.82) is 0 Å². The first kappa shape index (κ1) is 12.7. The molecule has 0 aliphatic heterocycles. The summed E-state index contributed by atoms with van der Waals surface area (Å²) in [5.74, 6) is 0. The third-order valence-electron chi connectivity index (χ3n) is 1.65. The lowest BCUT2D eigenvalue weighted by molar-refractivity contribution is 0.418. The van der Waals surface area contributed by atoms with Crippen molar-refractivity contribution in [1.82, 2.24) is 5.32 Å². The zero-order valence-electron chi connectivity index (χ0n) is 10.1. The zero-order chi connectivity index (χ0) is 10.5. The molecule has 1 N–H and O–H groups in total. The first-order valence-corrected chi connectivity index (χ1v) is 5.11. The second kappa shape index (κ2) is 4.80. The van der Waals surface area contributed by atoms with Crippen LogP contribution in [0.15, 0.2) is 12.2 Å². The molecule has 0 aromatic heterocycles. The summed E-state index contributed by atoms with van der Waals surface area (Å²) in [6.45, 7) is 14.3. The van der Waals surface area contributed by atoms with Gasteiger partial charge in [0, 0.05) is 12.1 Å². The van der Waals surface area contributed by atoms with Crippen LogP contribution in [0.4, 0.5) is 0 Å². The maximum Gasteiger partial charge on any atom is 0.0139 e. The van der Waals surface area contributed by atoms with Crippen molar-refractivity contribution >= 4 is 0 Å². The standard InChI is InChI=1S/C12H25N/c1-11(2,3)9-7-8-10-13-12(4,5)6/h7-8,13H,9-10H2,1-6H3/b8-7-. The van der Waals surface area contributed by atoms with Gasteiger partial charge in [-0.05, 0) is 32.6 Å². The molecule has 0 aromatic carbocycles. The maximum absolute atomic E-state index is 3.42. The Labute approximate surface area is 83.6 Å². The number of nitrogens with one attached hydrogen (secondary N) is 1. The molecule has 0 aliphatic carbocycles. The molecule has 78 valence electrons. The van der Waals surface area contributed by atoms with Crippen LogP contribution >= 0.6 is 0 Å². The Morgan fingerprint density at radius 3 is 1.85 bits per heavy atom. The van der Waals surface area contributed by atoms with Crippen molar-refractivity contribution in [2.75, 3.05) is 6.54 Å². The van der Waals surface area contributed by atoms with E-state index in [-0.39, 0.29) is 5.54 Å². The van der Waals surface area contributed by atoms with Crippen LogP contribution in [-0.2, 0) is 0 Å². The molecule has 1 heteroatoms. The SMILES string of the molecule is CC(C)(C)C/C=C\CNC(C)(C)C. The molecule has 0 amide bonds. The van der Waals surface area contributed by atoms with Crippen LogP contribution in [0.25, 0.3) is 0 Å². The summed E-state index contributed by atoms with van der Waals surface area (Å²) in [5, 5.41) is 3.42. The molecule has 13 heavy (non-hydrogen) atoms. The Hall–Kier alpha value is -0.300. The normalized spacial score (nSPS) is 14.0. The largest absolute Gasteiger partial charge is 0.309 e. The molecule has 0 atom stereocenters. The van der Waals surface area contributed by atoms with E-state index in [2.05, 4.69) is 59.0 Å². The molecule has 0 rings (SSSR count). The van der Waals surface area contributed by atoms with Gasteiger partial charge in [-0.3, -0.25) is 0 Å². The van der Waals surface area contributed by atoms with Crippen molar-refractivity contribution in [3.8, 4) is 0 Å². The second-order valence-corrected chi connectivity index (χ2v) is 5.87. The van der Waals surface area contributed by atoms with Crippen molar-refractivity contribution in [3.05, 3.63) is 12.2 Å². The summed E-state index contributed by atoms with van der Waals surface area (Å²) >= 11 is 0. The van der Waals surface area contributed by atoms with Crippen molar-refractivity contribution < 1.29 is 0 Å². The van der Waals surface area contributed by atoms with Crippen molar-refractivity contribution in [2.45, 2.75) is 53.5 Å². The van der Waals surface area contributed by atoms with E-state index >= 15 is 0 Å². The minimum atomic E-state index is 0.228. The van der Waals surface area contributed by atoms with E-state index in [1.165, 1.54) is 0 Å². The summed E-state index contributed by atoms with van der Waals surface area (Å²) in [7, 11) is 0. The maximum atomic E-state index is 3.42. The van der Waals surface area contributed by atoms with Gasteiger partial charge in [0.15, 0.2) is 0 Å². The van der Waals surface area contributed by atoms with E-state index in [1.54, 1.807) is 0 Å². The third-order valence-corrected chi connectivity index (χ3v) is 1.65. The Morgan fingerprint density at radius 1 is 0.923 bits per heavy atom. The summed E-state index contributed by atoms with van der Waals surface area (Å²) in [5.41, 5.74) is 0.643. The monoisotopic (exact) mass is 183 g/mol. The molecule has 0 saturated heterocycles. The third kappa shape index (κ3) is 11.7. The average molecular weight is 183 g/mol. The Morgan fingerprint density at radius 2 is 1.46 bits per heavy atom. The summed E-state index contributed by atoms with van der Waals surface area (Å²) < 4.78 is 0. The highest BCUT2D eigenvalue weighted by atomic mass is 14.9. The fourth-order valence-electron chi connectivity index (χ4n) is 0.885. The molecule has 0 spiro atoms. The first-order valence-electron chi connectivity index (χ1n) is 5.11. The van der Waals surface area contributed by atoms with Gasteiger partial charge >= 0.3 is 0 Å². The zero-order valence-corrected chi connectivity index (χ0v) is 10.1. The predicted molar refractivity (Wildman–Crippen MR) is 61.0 cm³/mol. The van der Waals surface area contributed by atoms with Gasteiger partial charge in [-0.15, -0.1) is 0 Å². The van der Waals surface area contributed by atoms with Crippen LogP contribution in [0.5, 0.6) is 0 Å². The van der Waals surface area contributed by atoms with E-state index in [0.29, 0.717) is 5.41 Å². The average Bonchev–Trinajstić information content (AvgIpc) is 1.81. The molecule has 0 fully saturated rings. The van der Waals surface area contributed by atoms with E-state index in [4.69, 9.17) is 0 Å². The summed E-state index contributed by atoms with van der Waals surface area (Å²) in [4.78, 5) is 0. The summed E-state index contributed by atoms with van der Waals surface area (Å²) in [6.07, 6.45) is 5.63. The van der Waals surface area contributed by atoms with Crippen LogP contribution in [0.1, 0.15) is 48.0 Å². The minimum Gasteiger partial charge on any atom is -0.309 e. The van der Waals surface area contributed by atoms with Crippen LogP contribution in [0.2, 0.25) is 0 Å². The van der Waals surface area contributed by atoms with Gasteiger partial charge in [0.25, 0.3) is 0 Å². The molecule has 0 aromatic rings. The van der Waals surface area contributed by atoms with Crippen LogP contribution in [0.3, 0.4) is 0 Å². The number of allylic oxidation sites excluding steroid dienone is 1. The lowest BCUT2D eigenvalue weighted by Gasteiger charge is -2.19. The second-order valence-electron chi connectivity index (χ2n) is 5.87. The smallest absolute Gasteiger partial charge is 0.0139 e. The van der Waals surface area contributed by atoms with Gasteiger partial charge in [0.2, 0.25) is 0 Å². The van der Waals surface area contributed by atoms with Gasteiger partial charge in [-0.2, -0.15) is 0 Å². The van der Waals surface area contributed by atoms with Gasteiger partial charge in [0.1, 0.15) is 0 Å². The number of hydrogen-bond acceptors (Lipinski definition) is 1. The predicted octanol–water partition coefficient (Wildman–Crippen LogP) is 3.37. The lowest BCUT2D eigenvalue weighted by Crippen LogP contribution is -2.35. The van der Waals surface area contributed by atoms with Crippen LogP contribution < -0.4 is 5.32 Å². The van der Waals surface area contributed by atoms with Gasteiger partial charge < -0.3 is 5.32 Å². The topological polar surface area (TPSA) is 12.0 Å². The Balaban J connectivity index is 3.55. The van der Waals surface area contributed by atoms with E-state index in [1.807, 2.05) is 0 Å². The number of rotatable bonds is 3. The van der Waals surface area contributed by atoms with E-state index < -0.39 is 0 Å². The summed E-state index contributed by atoms with van der Waals surface area (Å²) in [6, 6.07) is 0. The van der Waals surface area contributed by atoms with E-state index in [9.17, 15) is 0 Å². The molecule has 0 heterocycles. The molecule has 0 radical (unpaired) electrons.